The van der Waals surface area contributed by atoms with Gasteiger partial charge < -0.3 is 15.8 Å². The SMILES string of the molecule is CCOC1CC(NC(=O)CN2CCC(N)CC2)C1. The highest BCUT2D eigenvalue weighted by molar-refractivity contribution is 5.78. The van der Waals surface area contributed by atoms with E-state index in [0.717, 1.165) is 45.4 Å². The maximum Gasteiger partial charge on any atom is 0.234 e. The third-order valence-electron chi connectivity index (χ3n) is 3.86. The third-order valence-corrected chi connectivity index (χ3v) is 3.86. The molecule has 0 aromatic heterocycles. The Hall–Kier alpha value is -0.650. The molecule has 18 heavy (non-hydrogen) atoms. The largest absolute Gasteiger partial charge is 0.378 e. The van der Waals surface area contributed by atoms with Crippen LogP contribution in [0.15, 0.2) is 0 Å². The maximum atomic E-state index is 11.8. The zero-order valence-electron chi connectivity index (χ0n) is 11.2. The fourth-order valence-electron chi connectivity index (χ4n) is 2.64. The van der Waals surface area contributed by atoms with E-state index in [2.05, 4.69) is 10.2 Å². The van der Waals surface area contributed by atoms with Crippen LogP contribution in [0, 0.1) is 0 Å². The van der Waals surface area contributed by atoms with Gasteiger partial charge in [-0.3, -0.25) is 9.69 Å². The van der Waals surface area contributed by atoms with Crippen LogP contribution in [0.25, 0.3) is 0 Å². The van der Waals surface area contributed by atoms with Crippen LogP contribution in [0.2, 0.25) is 0 Å². The first kappa shape index (κ1) is 13.8. The maximum absolute atomic E-state index is 11.8. The van der Waals surface area contributed by atoms with Crippen molar-refractivity contribution in [1.82, 2.24) is 10.2 Å². The molecule has 5 heteroatoms. The van der Waals surface area contributed by atoms with Gasteiger partial charge in [0, 0.05) is 31.8 Å². The molecule has 0 bridgehead atoms. The molecule has 1 saturated carbocycles. The number of rotatable bonds is 5. The lowest BCUT2D eigenvalue weighted by molar-refractivity contribution is -0.125. The molecule has 1 heterocycles. The number of hydrogen-bond donors (Lipinski definition) is 2. The Kier molecular flexibility index (Phi) is 4.97. The fourth-order valence-corrected chi connectivity index (χ4v) is 2.64. The summed E-state index contributed by atoms with van der Waals surface area (Å²) in [7, 11) is 0. The summed E-state index contributed by atoms with van der Waals surface area (Å²) in [4.78, 5) is 14.0. The number of amides is 1. The summed E-state index contributed by atoms with van der Waals surface area (Å²) in [5.41, 5.74) is 5.84. The van der Waals surface area contributed by atoms with Gasteiger partial charge in [0.2, 0.25) is 5.91 Å². The average Bonchev–Trinajstić information content (AvgIpc) is 2.29. The van der Waals surface area contributed by atoms with Crippen LogP contribution >= 0.6 is 0 Å². The standard InChI is InChI=1S/C13H25N3O2/c1-2-18-12-7-11(8-12)15-13(17)9-16-5-3-10(14)4-6-16/h10-12H,2-9,14H2,1H3,(H,15,17). The molecule has 2 fully saturated rings. The highest BCUT2D eigenvalue weighted by atomic mass is 16.5. The number of carbonyl (C=O) groups excluding carboxylic acids is 1. The monoisotopic (exact) mass is 255 g/mol. The van der Waals surface area contributed by atoms with Gasteiger partial charge in [0.1, 0.15) is 0 Å². The summed E-state index contributed by atoms with van der Waals surface area (Å²) in [5, 5.41) is 3.07. The van der Waals surface area contributed by atoms with Crippen LogP contribution < -0.4 is 11.1 Å². The summed E-state index contributed by atoms with van der Waals surface area (Å²) in [6, 6.07) is 0.643. The minimum Gasteiger partial charge on any atom is -0.378 e. The summed E-state index contributed by atoms with van der Waals surface area (Å²) in [5.74, 6) is 0.144. The van der Waals surface area contributed by atoms with Crippen molar-refractivity contribution in [2.24, 2.45) is 5.73 Å². The lowest BCUT2D eigenvalue weighted by atomic mass is 9.89. The Morgan fingerprint density at radius 1 is 1.39 bits per heavy atom. The molecule has 0 aromatic rings. The zero-order chi connectivity index (χ0) is 13.0. The van der Waals surface area contributed by atoms with Crippen molar-refractivity contribution in [2.45, 2.75) is 50.8 Å². The molecule has 104 valence electrons. The highest BCUT2D eigenvalue weighted by Gasteiger charge is 2.31. The highest BCUT2D eigenvalue weighted by Crippen LogP contribution is 2.23. The van der Waals surface area contributed by atoms with Gasteiger partial charge in [0.25, 0.3) is 0 Å². The molecule has 2 aliphatic rings. The number of nitrogens with zero attached hydrogens (tertiary/aromatic N) is 1. The minimum atomic E-state index is 0.144. The van der Waals surface area contributed by atoms with Gasteiger partial charge in [0.05, 0.1) is 12.6 Å². The van der Waals surface area contributed by atoms with E-state index < -0.39 is 0 Å². The van der Waals surface area contributed by atoms with Crippen LogP contribution in [0.4, 0.5) is 0 Å². The number of carbonyl (C=O) groups is 1. The van der Waals surface area contributed by atoms with Crippen LogP contribution in [0.3, 0.4) is 0 Å². The Bertz CT molecular complexity index is 271. The number of nitrogens with two attached hydrogens (primary N) is 1. The average molecular weight is 255 g/mol. The molecule has 0 atom stereocenters. The molecule has 1 saturated heterocycles. The predicted octanol–water partition coefficient (Wildman–Crippen LogP) is 0.0932. The molecule has 0 unspecified atom stereocenters. The van der Waals surface area contributed by atoms with Gasteiger partial charge in [-0.2, -0.15) is 0 Å². The van der Waals surface area contributed by atoms with E-state index in [9.17, 15) is 4.79 Å². The van der Waals surface area contributed by atoms with Crippen LogP contribution in [-0.4, -0.2) is 55.2 Å². The Labute approximate surface area is 109 Å². The van der Waals surface area contributed by atoms with Crippen molar-refractivity contribution in [3.63, 3.8) is 0 Å². The van der Waals surface area contributed by atoms with E-state index in [4.69, 9.17) is 10.5 Å². The molecule has 1 aliphatic carbocycles. The van der Waals surface area contributed by atoms with E-state index in [0.29, 0.717) is 24.7 Å². The summed E-state index contributed by atoms with van der Waals surface area (Å²) in [6.07, 6.45) is 4.29. The molecule has 0 aromatic carbocycles. The normalized spacial score (nSPS) is 29.9. The molecule has 0 spiro atoms. The van der Waals surface area contributed by atoms with Crippen molar-refractivity contribution >= 4 is 5.91 Å². The quantitative estimate of drug-likeness (QED) is 0.731. The first-order valence-electron chi connectivity index (χ1n) is 7.06. The number of piperidine rings is 1. The van der Waals surface area contributed by atoms with Crippen LogP contribution in [0.1, 0.15) is 32.6 Å². The zero-order valence-corrected chi connectivity index (χ0v) is 11.2. The number of nitrogens with one attached hydrogen (secondary N) is 1. The van der Waals surface area contributed by atoms with Crippen molar-refractivity contribution in [1.29, 1.82) is 0 Å². The Morgan fingerprint density at radius 2 is 2.06 bits per heavy atom. The number of likely N-dealkylation sites (tertiary alicyclic amines) is 1. The molecule has 5 nitrogen and oxygen atoms in total. The van der Waals surface area contributed by atoms with Crippen molar-refractivity contribution < 1.29 is 9.53 Å². The first-order valence-corrected chi connectivity index (χ1v) is 7.06. The van der Waals surface area contributed by atoms with Crippen LogP contribution in [-0.2, 0) is 9.53 Å². The van der Waals surface area contributed by atoms with Gasteiger partial charge in [-0.25, -0.2) is 0 Å². The Balaban J connectivity index is 1.59. The van der Waals surface area contributed by atoms with Gasteiger partial charge in [-0.05, 0) is 32.6 Å². The second-order valence-corrected chi connectivity index (χ2v) is 5.43. The van der Waals surface area contributed by atoms with Gasteiger partial charge in [0.15, 0.2) is 0 Å². The molecular weight excluding hydrogens is 230 g/mol. The minimum absolute atomic E-state index is 0.144. The first-order chi connectivity index (χ1) is 8.67. The van der Waals surface area contributed by atoms with E-state index in [1.807, 2.05) is 6.92 Å². The second-order valence-electron chi connectivity index (χ2n) is 5.43. The molecule has 3 N–H and O–H groups in total. The number of hydrogen-bond acceptors (Lipinski definition) is 4. The predicted molar refractivity (Wildman–Crippen MR) is 70.2 cm³/mol. The van der Waals surface area contributed by atoms with Gasteiger partial charge >= 0.3 is 0 Å². The van der Waals surface area contributed by atoms with E-state index in [1.54, 1.807) is 0 Å². The van der Waals surface area contributed by atoms with Crippen molar-refractivity contribution in [3.8, 4) is 0 Å². The summed E-state index contributed by atoms with van der Waals surface area (Å²) >= 11 is 0. The Morgan fingerprint density at radius 3 is 2.67 bits per heavy atom. The van der Waals surface area contributed by atoms with E-state index >= 15 is 0 Å². The summed E-state index contributed by atoms with van der Waals surface area (Å²) in [6.45, 7) is 5.18. The third kappa shape index (κ3) is 3.93. The fraction of sp³-hybridized carbons (Fsp3) is 0.923. The second kappa shape index (κ2) is 6.50. The van der Waals surface area contributed by atoms with Crippen LogP contribution in [0.5, 0.6) is 0 Å². The van der Waals surface area contributed by atoms with Gasteiger partial charge in [-0.1, -0.05) is 0 Å². The van der Waals surface area contributed by atoms with Crippen molar-refractivity contribution in [2.75, 3.05) is 26.2 Å². The molecule has 1 aliphatic heterocycles. The lowest BCUT2D eigenvalue weighted by Gasteiger charge is -2.36. The lowest BCUT2D eigenvalue weighted by Crippen LogP contribution is -2.51. The molecule has 2 rings (SSSR count). The molecule has 0 radical (unpaired) electrons. The molecule has 1 amide bonds. The van der Waals surface area contributed by atoms with E-state index in [-0.39, 0.29) is 5.91 Å². The van der Waals surface area contributed by atoms with E-state index in [1.165, 1.54) is 0 Å². The smallest absolute Gasteiger partial charge is 0.234 e. The number of ether oxygens (including phenoxy) is 1. The van der Waals surface area contributed by atoms with Gasteiger partial charge in [-0.15, -0.1) is 0 Å². The topological polar surface area (TPSA) is 67.6 Å². The summed E-state index contributed by atoms with van der Waals surface area (Å²) < 4.78 is 5.48. The molecular formula is C13H25N3O2. The van der Waals surface area contributed by atoms with Crippen molar-refractivity contribution in [3.05, 3.63) is 0 Å².